The summed E-state index contributed by atoms with van der Waals surface area (Å²) in [6, 6.07) is 18.4. The summed E-state index contributed by atoms with van der Waals surface area (Å²) in [6.07, 6.45) is 7.69. The molecule has 0 heterocycles. The van der Waals surface area contributed by atoms with E-state index < -0.39 is 5.41 Å². The summed E-state index contributed by atoms with van der Waals surface area (Å²) in [7, 11) is 3.08. The molecule has 0 bridgehead atoms. The first-order valence-electron chi connectivity index (χ1n) is 12.1. The molecular weight excluding hydrogens is 414 g/mol. The Balaban J connectivity index is 1.73. The van der Waals surface area contributed by atoms with Crippen molar-refractivity contribution in [2.45, 2.75) is 63.2 Å². The highest BCUT2D eigenvalue weighted by molar-refractivity contribution is 5.88. The van der Waals surface area contributed by atoms with Gasteiger partial charge in [0.25, 0.3) is 0 Å². The van der Waals surface area contributed by atoms with Crippen molar-refractivity contribution < 1.29 is 19.1 Å². The number of carbonyl (C=O) groups excluding carboxylic acids is 2. The Bertz CT molecular complexity index is 873. The van der Waals surface area contributed by atoms with E-state index in [1.54, 1.807) is 7.11 Å². The smallest absolute Gasteiger partial charge is 0.305 e. The van der Waals surface area contributed by atoms with Crippen LogP contribution >= 0.6 is 0 Å². The molecule has 0 unspecified atom stereocenters. The lowest BCUT2D eigenvalue weighted by Crippen LogP contribution is -2.46. The van der Waals surface area contributed by atoms with Crippen LogP contribution in [-0.4, -0.2) is 44.1 Å². The number of ether oxygens (including phenoxy) is 2. The SMILES string of the molecule is COC(=O)CCCCN(CCCc1ccccc1)C(=O)C1(c2ccc(OC)cc2)CCCC1. The van der Waals surface area contributed by atoms with Gasteiger partial charge in [0.15, 0.2) is 0 Å². The molecule has 1 aliphatic carbocycles. The molecule has 5 heteroatoms. The normalized spacial score (nSPS) is 14.6. The van der Waals surface area contributed by atoms with E-state index in [4.69, 9.17) is 9.47 Å². The van der Waals surface area contributed by atoms with E-state index in [9.17, 15) is 9.59 Å². The summed E-state index contributed by atoms with van der Waals surface area (Å²) >= 11 is 0. The van der Waals surface area contributed by atoms with Crippen molar-refractivity contribution in [1.29, 1.82) is 0 Å². The zero-order valence-electron chi connectivity index (χ0n) is 20.1. The van der Waals surface area contributed by atoms with E-state index in [0.29, 0.717) is 13.0 Å². The van der Waals surface area contributed by atoms with Gasteiger partial charge >= 0.3 is 5.97 Å². The minimum Gasteiger partial charge on any atom is -0.497 e. The number of methoxy groups -OCH3 is 2. The van der Waals surface area contributed by atoms with Crippen molar-refractivity contribution in [3.8, 4) is 5.75 Å². The minimum atomic E-state index is -0.457. The minimum absolute atomic E-state index is 0.192. The molecule has 0 aromatic heterocycles. The van der Waals surface area contributed by atoms with Crippen LogP contribution in [0.15, 0.2) is 54.6 Å². The molecule has 0 saturated heterocycles. The number of hydrogen-bond acceptors (Lipinski definition) is 4. The highest BCUT2D eigenvalue weighted by atomic mass is 16.5. The van der Waals surface area contributed by atoms with Crippen molar-refractivity contribution in [2.24, 2.45) is 0 Å². The van der Waals surface area contributed by atoms with Crippen LogP contribution in [-0.2, 0) is 26.2 Å². The van der Waals surface area contributed by atoms with Gasteiger partial charge < -0.3 is 14.4 Å². The maximum absolute atomic E-state index is 14.1. The molecule has 1 aliphatic rings. The number of unbranched alkanes of at least 4 members (excludes halogenated alkanes) is 1. The third-order valence-corrected chi connectivity index (χ3v) is 6.82. The number of rotatable bonds is 12. The number of carbonyl (C=O) groups is 2. The molecule has 0 atom stereocenters. The summed E-state index contributed by atoms with van der Waals surface area (Å²) < 4.78 is 10.1. The number of amides is 1. The van der Waals surface area contributed by atoms with E-state index in [-0.39, 0.29) is 11.9 Å². The van der Waals surface area contributed by atoms with Gasteiger partial charge in [0.1, 0.15) is 5.75 Å². The molecule has 5 nitrogen and oxygen atoms in total. The Morgan fingerprint density at radius 3 is 2.18 bits per heavy atom. The van der Waals surface area contributed by atoms with Crippen molar-refractivity contribution in [2.75, 3.05) is 27.3 Å². The Labute approximate surface area is 198 Å². The van der Waals surface area contributed by atoms with Crippen molar-refractivity contribution >= 4 is 11.9 Å². The lowest BCUT2D eigenvalue weighted by molar-refractivity contribution is -0.140. The van der Waals surface area contributed by atoms with Crippen LogP contribution in [0, 0.1) is 0 Å². The van der Waals surface area contributed by atoms with Gasteiger partial charge in [-0.25, -0.2) is 0 Å². The van der Waals surface area contributed by atoms with E-state index >= 15 is 0 Å². The quantitative estimate of drug-likeness (QED) is 0.324. The molecule has 0 radical (unpaired) electrons. The second-order valence-corrected chi connectivity index (χ2v) is 8.93. The van der Waals surface area contributed by atoms with Gasteiger partial charge in [-0.2, -0.15) is 0 Å². The molecule has 2 aromatic carbocycles. The first kappa shape index (κ1) is 24.8. The number of aryl methyl sites for hydroxylation is 1. The molecule has 1 fully saturated rings. The zero-order valence-corrected chi connectivity index (χ0v) is 20.1. The highest BCUT2D eigenvalue weighted by Gasteiger charge is 2.44. The standard InChI is InChI=1S/C28H37NO4/c1-32-25-17-15-24(16-18-25)28(19-7-8-20-28)27(31)29(21-9-6-14-26(30)33-2)22-10-13-23-11-4-3-5-12-23/h3-5,11-12,15-18H,6-10,13-14,19-22H2,1-2H3. The Morgan fingerprint density at radius 1 is 0.879 bits per heavy atom. The van der Waals surface area contributed by atoms with Crippen molar-refractivity contribution in [3.05, 3.63) is 65.7 Å². The van der Waals surface area contributed by atoms with E-state index in [2.05, 4.69) is 41.3 Å². The van der Waals surface area contributed by atoms with Crippen LogP contribution in [0.4, 0.5) is 0 Å². The van der Waals surface area contributed by atoms with E-state index in [1.807, 2.05) is 18.2 Å². The largest absolute Gasteiger partial charge is 0.497 e. The zero-order chi connectivity index (χ0) is 23.5. The number of nitrogens with zero attached hydrogens (tertiary/aromatic N) is 1. The van der Waals surface area contributed by atoms with Gasteiger partial charge in [-0.05, 0) is 61.8 Å². The lowest BCUT2D eigenvalue weighted by Gasteiger charge is -2.35. The third kappa shape index (κ3) is 6.59. The predicted octanol–water partition coefficient (Wildman–Crippen LogP) is 5.31. The Morgan fingerprint density at radius 2 is 1.55 bits per heavy atom. The van der Waals surface area contributed by atoms with Crippen LogP contribution in [0.2, 0.25) is 0 Å². The van der Waals surface area contributed by atoms with Crippen LogP contribution in [0.25, 0.3) is 0 Å². The molecule has 1 saturated carbocycles. The molecule has 0 aliphatic heterocycles. The summed E-state index contributed by atoms with van der Waals surface area (Å²) in [5.74, 6) is 0.848. The molecule has 0 N–H and O–H groups in total. The van der Waals surface area contributed by atoms with Crippen molar-refractivity contribution in [3.63, 3.8) is 0 Å². The summed E-state index contributed by atoms with van der Waals surface area (Å²) in [4.78, 5) is 27.6. The summed E-state index contributed by atoms with van der Waals surface area (Å²) in [5, 5.41) is 0. The first-order valence-corrected chi connectivity index (χ1v) is 12.1. The fraction of sp³-hybridized carbons (Fsp3) is 0.500. The molecule has 178 valence electrons. The van der Waals surface area contributed by atoms with Gasteiger partial charge in [0.2, 0.25) is 5.91 Å². The number of benzene rings is 2. The first-order chi connectivity index (χ1) is 16.1. The fourth-order valence-corrected chi connectivity index (χ4v) is 4.92. The fourth-order valence-electron chi connectivity index (χ4n) is 4.92. The van der Waals surface area contributed by atoms with Gasteiger partial charge in [-0.15, -0.1) is 0 Å². The van der Waals surface area contributed by atoms with Crippen LogP contribution in [0.3, 0.4) is 0 Å². The topological polar surface area (TPSA) is 55.8 Å². The molecule has 2 aromatic rings. The van der Waals surface area contributed by atoms with Gasteiger partial charge in [-0.1, -0.05) is 55.3 Å². The van der Waals surface area contributed by atoms with Crippen LogP contribution < -0.4 is 4.74 Å². The number of esters is 1. The second-order valence-electron chi connectivity index (χ2n) is 8.93. The van der Waals surface area contributed by atoms with Gasteiger partial charge in [0.05, 0.1) is 19.6 Å². The third-order valence-electron chi connectivity index (χ3n) is 6.82. The van der Waals surface area contributed by atoms with Crippen molar-refractivity contribution in [1.82, 2.24) is 4.90 Å². The average molecular weight is 452 g/mol. The Hall–Kier alpha value is -2.82. The number of hydrogen-bond donors (Lipinski definition) is 0. The average Bonchev–Trinajstić information content (AvgIpc) is 3.37. The maximum atomic E-state index is 14.1. The van der Waals surface area contributed by atoms with Crippen LogP contribution in [0.1, 0.15) is 62.5 Å². The second kappa shape index (κ2) is 12.4. The Kier molecular flexibility index (Phi) is 9.35. The monoisotopic (exact) mass is 451 g/mol. The molecule has 33 heavy (non-hydrogen) atoms. The van der Waals surface area contributed by atoms with E-state index in [1.165, 1.54) is 12.7 Å². The van der Waals surface area contributed by atoms with Crippen LogP contribution in [0.5, 0.6) is 5.75 Å². The predicted molar refractivity (Wildman–Crippen MR) is 130 cm³/mol. The van der Waals surface area contributed by atoms with E-state index in [0.717, 1.165) is 69.2 Å². The van der Waals surface area contributed by atoms with Gasteiger partial charge in [0, 0.05) is 19.5 Å². The summed E-state index contributed by atoms with van der Waals surface area (Å²) in [5.41, 5.74) is 1.93. The molecular formula is C28H37NO4. The van der Waals surface area contributed by atoms with Gasteiger partial charge in [-0.3, -0.25) is 9.59 Å². The highest BCUT2D eigenvalue weighted by Crippen LogP contribution is 2.43. The summed E-state index contributed by atoms with van der Waals surface area (Å²) in [6.45, 7) is 1.40. The molecule has 0 spiro atoms. The maximum Gasteiger partial charge on any atom is 0.305 e. The molecule has 1 amide bonds. The lowest BCUT2D eigenvalue weighted by atomic mass is 9.77. The molecule has 3 rings (SSSR count).